The van der Waals surface area contributed by atoms with Crippen molar-refractivity contribution in [3.05, 3.63) is 0 Å². The van der Waals surface area contributed by atoms with Crippen LogP contribution in [0.5, 0.6) is 0 Å². The number of rotatable bonds is 15. The predicted molar refractivity (Wildman–Crippen MR) is 83.3 cm³/mol. The molecule has 0 unspecified atom stereocenters. The summed E-state index contributed by atoms with van der Waals surface area (Å²) < 4.78 is 27.0. The summed E-state index contributed by atoms with van der Waals surface area (Å²) in [7, 11) is -3.49. The molecule has 0 saturated carbocycles. The molecule has 4 nitrogen and oxygen atoms in total. The van der Waals surface area contributed by atoms with Gasteiger partial charge < -0.3 is 5.11 Å². The van der Waals surface area contributed by atoms with Crippen LogP contribution in [0.1, 0.15) is 77.6 Å². The molecule has 0 aliphatic rings. The Labute approximate surface area is 125 Å². The Bertz CT molecular complexity index is 288. The zero-order valence-electron chi connectivity index (χ0n) is 13.0. The third-order valence-corrected chi connectivity index (χ3v) is 4.56. The van der Waals surface area contributed by atoms with Crippen LogP contribution in [0, 0.1) is 0 Å². The molecule has 0 heterocycles. The normalized spacial score (nSPS) is 11.9. The zero-order chi connectivity index (χ0) is 15.1. The molecule has 0 aliphatic carbocycles. The first kappa shape index (κ1) is 19.9. The van der Waals surface area contributed by atoms with Crippen molar-refractivity contribution < 1.29 is 17.7 Å². The van der Waals surface area contributed by atoms with E-state index in [1.165, 1.54) is 51.4 Å². The Kier molecular flexibility index (Phi) is 13.7. The van der Waals surface area contributed by atoms with Gasteiger partial charge in [0.1, 0.15) is 0 Å². The maximum atomic E-state index is 11.1. The van der Waals surface area contributed by atoms with Crippen molar-refractivity contribution in [2.75, 3.05) is 19.0 Å². The van der Waals surface area contributed by atoms with Gasteiger partial charge in [-0.2, -0.15) is 8.42 Å². The summed E-state index contributed by atoms with van der Waals surface area (Å²) in [5.74, 6) is -0.301. The van der Waals surface area contributed by atoms with Crippen molar-refractivity contribution in [1.29, 1.82) is 0 Å². The minimum atomic E-state index is -3.49. The summed E-state index contributed by atoms with van der Waals surface area (Å²) in [5.41, 5.74) is 0. The van der Waals surface area contributed by atoms with Gasteiger partial charge in [-0.1, -0.05) is 71.1 Å². The molecule has 0 fully saturated rings. The Hall–Kier alpha value is -0.130. The SMILES string of the molecule is CCCCCCCCCCCCCOS(=O)(=O)CCO. The summed E-state index contributed by atoms with van der Waals surface area (Å²) >= 11 is 0. The summed E-state index contributed by atoms with van der Waals surface area (Å²) in [5, 5.41) is 8.53. The van der Waals surface area contributed by atoms with Crippen LogP contribution in [0.2, 0.25) is 0 Å². The predicted octanol–water partition coefficient (Wildman–Crippen LogP) is 3.64. The molecule has 0 amide bonds. The average Bonchev–Trinajstić information content (AvgIpc) is 2.40. The lowest BCUT2D eigenvalue weighted by Crippen LogP contribution is -2.14. The summed E-state index contributed by atoms with van der Waals surface area (Å²) in [6, 6.07) is 0. The van der Waals surface area contributed by atoms with Crippen LogP contribution < -0.4 is 0 Å². The maximum Gasteiger partial charge on any atom is 0.269 e. The second-order valence-corrected chi connectivity index (χ2v) is 7.10. The molecule has 0 aromatic heterocycles. The van der Waals surface area contributed by atoms with E-state index in [0.29, 0.717) is 0 Å². The monoisotopic (exact) mass is 308 g/mol. The largest absolute Gasteiger partial charge is 0.395 e. The fraction of sp³-hybridized carbons (Fsp3) is 1.00. The molecule has 0 spiro atoms. The van der Waals surface area contributed by atoms with Crippen LogP contribution in [0.25, 0.3) is 0 Å². The zero-order valence-corrected chi connectivity index (χ0v) is 13.8. The van der Waals surface area contributed by atoms with Gasteiger partial charge in [0.15, 0.2) is 0 Å². The standard InChI is InChI=1S/C15H32O4S/c1-2-3-4-5-6-7-8-9-10-11-12-14-19-20(17,18)15-13-16/h16H,2-15H2,1H3. The lowest BCUT2D eigenvalue weighted by atomic mass is 10.1. The van der Waals surface area contributed by atoms with Crippen LogP contribution in [0.15, 0.2) is 0 Å². The van der Waals surface area contributed by atoms with Crippen molar-refractivity contribution >= 4 is 10.1 Å². The average molecular weight is 308 g/mol. The molecule has 0 atom stereocenters. The molecule has 0 aromatic rings. The van der Waals surface area contributed by atoms with E-state index < -0.39 is 10.1 Å². The summed E-state index contributed by atoms with van der Waals surface area (Å²) in [6.07, 6.45) is 13.5. The lowest BCUT2D eigenvalue weighted by Gasteiger charge is -2.04. The molecule has 0 aromatic carbocycles. The van der Waals surface area contributed by atoms with E-state index in [1.54, 1.807) is 0 Å². The van der Waals surface area contributed by atoms with Crippen LogP contribution in [-0.2, 0) is 14.3 Å². The van der Waals surface area contributed by atoms with E-state index in [-0.39, 0.29) is 19.0 Å². The van der Waals surface area contributed by atoms with Crippen LogP contribution in [0.4, 0.5) is 0 Å². The molecule has 122 valence electrons. The second kappa shape index (κ2) is 13.8. The Balaban J connectivity index is 3.17. The highest BCUT2D eigenvalue weighted by Crippen LogP contribution is 2.11. The molecule has 0 aliphatic heterocycles. The van der Waals surface area contributed by atoms with E-state index in [4.69, 9.17) is 9.29 Å². The number of hydrogen-bond donors (Lipinski definition) is 1. The van der Waals surface area contributed by atoms with Gasteiger partial charge in [-0.05, 0) is 6.42 Å². The van der Waals surface area contributed by atoms with Gasteiger partial charge in [-0.15, -0.1) is 0 Å². The van der Waals surface area contributed by atoms with E-state index in [9.17, 15) is 8.42 Å². The first-order valence-corrected chi connectivity index (χ1v) is 9.68. The van der Waals surface area contributed by atoms with Gasteiger partial charge in [0.05, 0.1) is 19.0 Å². The highest BCUT2D eigenvalue weighted by atomic mass is 32.2. The lowest BCUT2D eigenvalue weighted by molar-refractivity contribution is 0.285. The Morgan fingerprint density at radius 2 is 1.25 bits per heavy atom. The van der Waals surface area contributed by atoms with E-state index in [0.717, 1.165) is 19.3 Å². The van der Waals surface area contributed by atoms with Crippen LogP contribution >= 0.6 is 0 Å². The van der Waals surface area contributed by atoms with E-state index in [1.807, 2.05) is 0 Å². The first-order chi connectivity index (χ1) is 9.62. The summed E-state index contributed by atoms with van der Waals surface area (Å²) in [4.78, 5) is 0. The topological polar surface area (TPSA) is 63.6 Å². The minimum absolute atomic E-state index is 0.249. The van der Waals surface area contributed by atoms with Crippen molar-refractivity contribution in [2.24, 2.45) is 0 Å². The molecular weight excluding hydrogens is 276 g/mol. The van der Waals surface area contributed by atoms with Crippen LogP contribution in [0.3, 0.4) is 0 Å². The minimum Gasteiger partial charge on any atom is -0.395 e. The quantitative estimate of drug-likeness (QED) is 0.370. The smallest absolute Gasteiger partial charge is 0.269 e. The number of unbranched alkanes of at least 4 members (excludes halogenated alkanes) is 10. The third-order valence-electron chi connectivity index (χ3n) is 3.35. The van der Waals surface area contributed by atoms with Gasteiger partial charge in [0.25, 0.3) is 10.1 Å². The van der Waals surface area contributed by atoms with E-state index >= 15 is 0 Å². The molecule has 0 bridgehead atoms. The fourth-order valence-corrected chi connectivity index (χ4v) is 2.84. The van der Waals surface area contributed by atoms with Gasteiger partial charge in [-0.3, -0.25) is 4.18 Å². The Morgan fingerprint density at radius 1 is 0.800 bits per heavy atom. The highest BCUT2D eigenvalue weighted by Gasteiger charge is 2.08. The molecule has 20 heavy (non-hydrogen) atoms. The fourth-order valence-electron chi connectivity index (χ4n) is 2.12. The van der Waals surface area contributed by atoms with Crippen LogP contribution in [-0.4, -0.2) is 32.5 Å². The highest BCUT2D eigenvalue weighted by molar-refractivity contribution is 7.86. The Morgan fingerprint density at radius 3 is 1.70 bits per heavy atom. The molecule has 0 radical (unpaired) electrons. The number of hydrogen-bond acceptors (Lipinski definition) is 4. The summed E-state index contributed by atoms with van der Waals surface area (Å²) in [6.45, 7) is 2.11. The first-order valence-electron chi connectivity index (χ1n) is 8.10. The number of aliphatic hydroxyl groups is 1. The van der Waals surface area contributed by atoms with Gasteiger partial charge in [-0.25, -0.2) is 0 Å². The van der Waals surface area contributed by atoms with Gasteiger partial charge in [0.2, 0.25) is 0 Å². The molecular formula is C15H32O4S. The van der Waals surface area contributed by atoms with Crippen molar-refractivity contribution in [3.8, 4) is 0 Å². The van der Waals surface area contributed by atoms with E-state index in [2.05, 4.69) is 6.92 Å². The third kappa shape index (κ3) is 14.3. The molecule has 5 heteroatoms. The van der Waals surface area contributed by atoms with Crippen molar-refractivity contribution in [3.63, 3.8) is 0 Å². The van der Waals surface area contributed by atoms with Gasteiger partial charge in [0, 0.05) is 0 Å². The van der Waals surface area contributed by atoms with Crippen molar-refractivity contribution in [1.82, 2.24) is 0 Å². The molecule has 0 saturated heterocycles. The number of aliphatic hydroxyl groups excluding tert-OH is 1. The molecule has 1 N–H and O–H groups in total. The maximum absolute atomic E-state index is 11.1. The van der Waals surface area contributed by atoms with Crippen molar-refractivity contribution in [2.45, 2.75) is 77.6 Å². The molecule has 0 rings (SSSR count). The van der Waals surface area contributed by atoms with Gasteiger partial charge >= 0.3 is 0 Å². The second-order valence-electron chi connectivity index (χ2n) is 5.34.